The van der Waals surface area contributed by atoms with Gasteiger partial charge in [0.15, 0.2) is 0 Å². The molecule has 4 N–H and O–H groups in total. The van der Waals surface area contributed by atoms with Crippen LogP contribution in [0, 0.1) is 0 Å². The average Bonchev–Trinajstić information content (AvgIpc) is 3.07. The molecule has 2 aromatic rings. The number of phenols is 2. The van der Waals surface area contributed by atoms with E-state index in [1.807, 2.05) is 18.2 Å². The van der Waals surface area contributed by atoms with Gasteiger partial charge in [-0.05, 0) is 80.4 Å². The molecule has 2 atom stereocenters. The van der Waals surface area contributed by atoms with E-state index in [1.54, 1.807) is 0 Å². The number of nitrogens with zero attached hydrogens (tertiary/aromatic N) is 1. The minimum Gasteiger partial charge on any atom is -0.509 e. The Labute approximate surface area is 194 Å². The standard InChI is InChI=1S/C23H28B3ClN2O2/c1-23(2,29(3)9-8-28)7-6-12-10-16(14-5-4-13(27)11-15(12)14)17-18(24)22(31)20(26)19(25)21(17)30/h4-5,11-12,16,30-31H,6-10,28H2,1-3H3/t12-,16-/m1/s1. The van der Waals surface area contributed by atoms with E-state index in [4.69, 9.17) is 40.9 Å². The first-order chi connectivity index (χ1) is 14.5. The number of hydrogen-bond acceptors (Lipinski definition) is 4. The molecule has 0 aliphatic heterocycles. The van der Waals surface area contributed by atoms with Gasteiger partial charge >= 0.3 is 0 Å². The van der Waals surface area contributed by atoms with Crippen LogP contribution < -0.4 is 22.1 Å². The summed E-state index contributed by atoms with van der Waals surface area (Å²) in [4.78, 5) is 2.28. The molecule has 0 heterocycles. The zero-order valence-electron chi connectivity index (χ0n) is 18.5. The highest BCUT2D eigenvalue weighted by atomic mass is 35.5. The van der Waals surface area contributed by atoms with E-state index in [1.165, 1.54) is 0 Å². The van der Waals surface area contributed by atoms with Gasteiger partial charge in [0.2, 0.25) is 0 Å². The minimum absolute atomic E-state index is 0.0126. The van der Waals surface area contributed by atoms with Crippen LogP contribution in [0.3, 0.4) is 0 Å². The third-order valence-corrected chi connectivity index (χ3v) is 7.17. The Kier molecular flexibility index (Phi) is 7.10. The first kappa shape index (κ1) is 24.1. The smallest absolute Gasteiger partial charge is 0.119 e. The third kappa shape index (κ3) is 4.51. The molecule has 2 aromatic carbocycles. The Morgan fingerprint density at radius 1 is 1.10 bits per heavy atom. The van der Waals surface area contributed by atoms with E-state index in [0.29, 0.717) is 17.1 Å². The van der Waals surface area contributed by atoms with Gasteiger partial charge in [-0.3, -0.25) is 4.90 Å². The fourth-order valence-corrected chi connectivity index (χ4v) is 4.85. The van der Waals surface area contributed by atoms with E-state index in [9.17, 15) is 10.2 Å². The molecule has 0 spiro atoms. The molecule has 0 fully saturated rings. The molecule has 4 nitrogen and oxygen atoms in total. The second-order valence-electron chi connectivity index (χ2n) is 9.17. The van der Waals surface area contributed by atoms with Crippen molar-refractivity contribution < 1.29 is 10.2 Å². The number of hydrogen-bond donors (Lipinski definition) is 3. The predicted molar refractivity (Wildman–Crippen MR) is 132 cm³/mol. The molecule has 0 saturated heterocycles. The molecule has 0 bridgehead atoms. The van der Waals surface area contributed by atoms with Crippen molar-refractivity contribution in [3.8, 4) is 11.5 Å². The lowest BCUT2D eigenvalue weighted by molar-refractivity contribution is 0.144. The van der Waals surface area contributed by atoms with Crippen molar-refractivity contribution in [2.24, 2.45) is 5.73 Å². The van der Waals surface area contributed by atoms with Crippen LogP contribution in [0.15, 0.2) is 18.2 Å². The van der Waals surface area contributed by atoms with Gasteiger partial charge in [0, 0.05) is 29.6 Å². The topological polar surface area (TPSA) is 69.7 Å². The number of rotatable bonds is 7. The number of benzene rings is 2. The van der Waals surface area contributed by atoms with Gasteiger partial charge in [0.25, 0.3) is 0 Å². The Morgan fingerprint density at radius 3 is 2.39 bits per heavy atom. The van der Waals surface area contributed by atoms with Crippen molar-refractivity contribution in [1.29, 1.82) is 0 Å². The minimum atomic E-state index is -0.284. The van der Waals surface area contributed by atoms with E-state index < -0.39 is 0 Å². The highest BCUT2D eigenvalue weighted by molar-refractivity contribution is 6.53. The second kappa shape index (κ2) is 9.13. The number of halogens is 1. The molecule has 8 heteroatoms. The molecule has 3 rings (SSSR count). The first-order valence-corrected chi connectivity index (χ1v) is 11.0. The lowest BCUT2D eigenvalue weighted by Gasteiger charge is -2.36. The zero-order chi connectivity index (χ0) is 23.1. The molecule has 0 aromatic heterocycles. The maximum Gasteiger partial charge on any atom is 0.119 e. The maximum atomic E-state index is 10.8. The Morgan fingerprint density at radius 2 is 1.74 bits per heavy atom. The van der Waals surface area contributed by atoms with E-state index in [-0.39, 0.29) is 45.3 Å². The van der Waals surface area contributed by atoms with Crippen molar-refractivity contribution in [1.82, 2.24) is 4.90 Å². The predicted octanol–water partition coefficient (Wildman–Crippen LogP) is 1.20. The second-order valence-corrected chi connectivity index (χ2v) is 9.61. The van der Waals surface area contributed by atoms with Crippen LogP contribution in [-0.2, 0) is 0 Å². The fraction of sp³-hybridized carbons (Fsp3) is 0.478. The fourth-order valence-electron chi connectivity index (χ4n) is 4.67. The lowest BCUT2D eigenvalue weighted by Crippen LogP contribution is -2.43. The Bertz CT molecular complexity index is 955. The van der Waals surface area contributed by atoms with Crippen molar-refractivity contribution in [3.63, 3.8) is 0 Å². The van der Waals surface area contributed by atoms with Gasteiger partial charge < -0.3 is 15.9 Å². The molecule has 1 aliphatic rings. The van der Waals surface area contributed by atoms with E-state index in [0.717, 1.165) is 36.9 Å². The molecule has 0 saturated carbocycles. The largest absolute Gasteiger partial charge is 0.509 e. The maximum absolute atomic E-state index is 10.8. The van der Waals surface area contributed by atoms with Gasteiger partial charge in [-0.2, -0.15) is 0 Å². The monoisotopic (exact) mass is 432 g/mol. The zero-order valence-corrected chi connectivity index (χ0v) is 19.2. The van der Waals surface area contributed by atoms with Gasteiger partial charge in [-0.1, -0.05) is 28.6 Å². The molecule has 6 radical (unpaired) electrons. The van der Waals surface area contributed by atoms with Crippen LogP contribution in [0.1, 0.15) is 61.6 Å². The summed E-state index contributed by atoms with van der Waals surface area (Å²) in [5.74, 6) is -0.434. The van der Waals surface area contributed by atoms with Crippen LogP contribution in [0.2, 0.25) is 5.02 Å². The molecule has 0 amide bonds. The molecule has 158 valence electrons. The van der Waals surface area contributed by atoms with Gasteiger partial charge in [-0.25, -0.2) is 0 Å². The normalized spacial score (nSPS) is 18.5. The third-order valence-electron chi connectivity index (χ3n) is 6.94. The van der Waals surface area contributed by atoms with Crippen LogP contribution in [0.4, 0.5) is 0 Å². The highest BCUT2D eigenvalue weighted by Gasteiger charge is 2.36. The molecular formula is C23H28B3ClN2O2. The van der Waals surface area contributed by atoms with Crippen molar-refractivity contribution in [2.45, 2.75) is 50.5 Å². The van der Waals surface area contributed by atoms with Crippen molar-refractivity contribution in [3.05, 3.63) is 39.9 Å². The van der Waals surface area contributed by atoms with E-state index >= 15 is 0 Å². The Hall–Kier alpha value is -1.56. The number of nitrogens with two attached hydrogens (primary N) is 1. The van der Waals surface area contributed by atoms with Crippen molar-refractivity contribution in [2.75, 3.05) is 20.1 Å². The summed E-state index contributed by atoms with van der Waals surface area (Å²) < 4.78 is 0. The molecule has 0 unspecified atom stereocenters. The van der Waals surface area contributed by atoms with Gasteiger partial charge in [0.05, 0.1) is 0 Å². The summed E-state index contributed by atoms with van der Waals surface area (Å²) in [5, 5.41) is 21.8. The summed E-state index contributed by atoms with van der Waals surface area (Å²) in [5.41, 5.74) is 8.24. The summed E-state index contributed by atoms with van der Waals surface area (Å²) >= 11 is 6.33. The van der Waals surface area contributed by atoms with Crippen LogP contribution in [-0.4, -0.2) is 64.3 Å². The van der Waals surface area contributed by atoms with Crippen LogP contribution in [0.25, 0.3) is 0 Å². The van der Waals surface area contributed by atoms with Crippen LogP contribution >= 0.6 is 11.6 Å². The first-order valence-electron chi connectivity index (χ1n) is 10.6. The number of likely N-dealkylation sites (N-methyl/N-ethyl adjacent to an activating group) is 1. The summed E-state index contributed by atoms with van der Waals surface area (Å²) in [6.07, 6.45) is 2.62. The number of aromatic hydroxyl groups is 2. The number of phenolic OH excluding ortho intramolecular Hbond substituents is 2. The average molecular weight is 432 g/mol. The molecule has 31 heavy (non-hydrogen) atoms. The quantitative estimate of drug-likeness (QED) is 0.455. The highest BCUT2D eigenvalue weighted by Crippen LogP contribution is 2.49. The molecule has 1 aliphatic carbocycles. The number of fused-ring (bicyclic) bond motifs is 1. The summed E-state index contributed by atoms with van der Waals surface area (Å²) in [6, 6.07) is 5.80. The van der Waals surface area contributed by atoms with Crippen LogP contribution in [0.5, 0.6) is 11.5 Å². The molecular weight excluding hydrogens is 404 g/mol. The summed E-state index contributed by atoms with van der Waals surface area (Å²) in [7, 11) is 20.0. The van der Waals surface area contributed by atoms with Gasteiger partial charge in [-0.15, -0.1) is 0 Å². The van der Waals surface area contributed by atoms with Gasteiger partial charge in [0.1, 0.15) is 35.0 Å². The summed E-state index contributed by atoms with van der Waals surface area (Å²) in [6.45, 7) is 5.88. The lowest BCUT2D eigenvalue weighted by atomic mass is 9.70. The van der Waals surface area contributed by atoms with E-state index in [2.05, 4.69) is 25.8 Å². The van der Waals surface area contributed by atoms with Crippen molar-refractivity contribution >= 4 is 51.5 Å². The SMILES string of the molecule is [B]c1c([B])c(O)c([C@@H]2C[C@@H](CCC(C)(C)N(C)CCN)c3cc(Cl)ccc32)c([B])c1O. The Balaban J connectivity index is 1.97.